The molecule has 32 heavy (non-hydrogen) atoms. The summed E-state index contributed by atoms with van der Waals surface area (Å²) in [5, 5.41) is 3.07. The zero-order valence-corrected chi connectivity index (χ0v) is 20.4. The van der Waals surface area contributed by atoms with Crippen LogP contribution in [0.5, 0.6) is 0 Å². The Balaban J connectivity index is 2.06. The second kappa shape index (κ2) is 15.1. The molecule has 1 aromatic rings. The van der Waals surface area contributed by atoms with Crippen molar-refractivity contribution in [2.75, 3.05) is 13.7 Å². The molecule has 0 spiro atoms. The summed E-state index contributed by atoms with van der Waals surface area (Å²) in [6.45, 7) is 2.74. The van der Waals surface area contributed by atoms with Crippen LogP contribution in [-0.4, -0.2) is 31.8 Å². The van der Waals surface area contributed by atoms with Gasteiger partial charge in [-0.3, -0.25) is 9.36 Å². The lowest BCUT2D eigenvalue weighted by Crippen LogP contribution is -2.46. The third kappa shape index (κ3) is 8.59. The number of carbonyl (C=O) groups excluding carboxylic acids is 2. The van der Waals surface area contributed by atoms with Crippen LogP contribution in [0.2, 0.25) is 0 Å². The predicted molar refractivity (Wildman–Crippen MR) is 125 cm³/mol. The van der Waals surface area contributed by atoms with E-state index in [9.17, 15) is 14.2 Å². The molecule has 0 heterocycles. The zero-order valence-electron chi connectivity index (χ0n) is 19.3. The fraction of sp³-hybridized carbons (Fsp3) is 0.667. The number of ether oxygens (including phenoxy) is 2. The van der Waals surface area contributed by atoms with Gasteiger partial charge in [-0.1, -0.05) is 56.5 Å². The number of carbonyl (C=O) groups is 2. The normalized spacial score (nSPS) is 20.6. The first-order valence-corrected chi connectivity index (χ1v) is 12.6. The summed E-state index contributed by atoms with van der Waals surface area (Å²) in [4.78, 5) is 25.1. The molecule has 1 aliphatic carbocycles. The van der Waals surface area contributed by atoms with E-state index < -0.39 is 14.8 Å². The molecule has 0 aromatic heterocycles. The van der Waals surface area contributed by atoms with Crippen molar-refractivity contribution in [1.29, 1.82) is 0 Å². The second-order valence-electron chi connectivity index (χ2n) is 8.43. The highest BCUT2D eigenvalue weighted by atomic mass is 31.1. The van der Waals surface area contributed by atoms with E-state index in [0.717, 1.165) is 56.9 Å². The first kappa shape index (κ1) is 26.4. The minimum Gasteiger partial charge on any atom is -0.469 e. The highest BCUT2D eigenvalue weighted by Crippen LogP contribution is 2.40. The van der Waals surface area contributed by atoms with Gasteiger partial charge in [-0.15, -0.1) is 0 Å². The summed E-state index contributed by atoms with van der Waals surface area (Å²) in [5.41, 5.74) is 0.936. The van der Waals surface area contributed by atoms with E-state index in [1.807, 2.05) is 30.3 Å². The van der Waals surface area contributed by atoms with Crippen molar-refractivity contribution in [3.8, 4) is 0 Å². The molecule has 1 aromatic carbocycles. The minimum atomic E-state index is -1.18. The van der Waals surface area contributed by atoms with Crippen molar-refractivity contribution >= 4 is 20.7 Å². The summed E-state index contributed by atoms with van der Waals surface area (Å²) in [7, 11) is 0.263. The van der Waals surface area contributed by atoms with Crippen molar-refractivity contribution in [2.45, 2.75) is 70.9 Å². The van der Waals surface area contributed by atoms with E-state index in [1.54, 1.807) is 0 Å². The molecule has 1 N–H and O–H groups in total. The van der Waals surface area contributed by atoms with Crippen LogP contribution in [0.4, 0.5) is 4.79 Å². The predicted octanol–water partition coefficient (Wildman–Crippen LogP) is 5.15. The standard InChI is InChI=1S/C24H38NO6P/c1-3-22(25-24(27)30-17-18-11-5-4-6-12-18)20(14-9-10-16-31-32-28)19-13-7-8-15-21(19)23(26)29-2/h4-6,11-12,19-22H,3,7-10,13-17,32H2,1-2H3,(H,25,27). The highest BCUT2D eigenvalue weighted by molar-refractivity contribution is 7.17. The summed E-state index contributed by atoms with van der Waals surface area (Å²) in [6, 6.07) is 9.49. The first-order valence-electron chi connectivity index (χ1n) is 11.7. The van der Waals surface area contributed by atoms with Crippen molar-refractivity contribution < 1.29 is 28.2 Å². The molecular formula is C24H38NO6P. The minimum absolute atomic E-state index is 0.0976. The van der Waals surface area contributed by atoms with Gasteiger partial charge in [-0.2, -0.15) is 0 Å². The molecule has 0 aliphatic heterocycles. The summed E-state index contributed by atoms with van der Waals surface area (Å²) in [5.74, 6) is -0.00771. The maximum absolute atomic E-state index is 12.6. The largest absolute Gasteiger partial charge is 0.469 e. The molecule has 1 aliphatic rings. The van der Waals surface area contributed by atoms with Crippen LogP contribution in [0.3, 0.4) is 0 Å². The van der Waals surface area contributed by atoms with Gasteiger partial charge in [-0.05, 0) is 49.5 Å². The lowest BCUT2D eigenvalue weighted by atomic mass is 9.68. The molecule has 0 bridgehead atoms. The van der Waals surface area contributed by atoms with Gasteiger partial charge in [0.05, 0.1) is 19.6 Å². The van der Waals surface area contributed by atoms with Gasteiger partial charge < -0.3 is 19.3 Å². The zero-order chi connectivity index (χ0) is 23.2. The van der Waals surface area contributed by atoms with E-state index in [1.165, 1.54) is 7.11 Å². The number of methoxy groups -OCH3 is 1. The Hall–Kier alpha value is -1.85. The number of hydrogen-bond acceptors (Lipinski definition) is 6. The van der Waals surface area contributed by atoms with E-state index in [0.29, 0.717) is 6.61 Å². The van der Waals surface area contributed by atoms with E-state index in [4.69, 9.17) is 14.0 Å². The van der Waals surface area contributed by atoms with Crippen LogP contribution in [0.1, 0.15) is 63.9 Å². The fourth-order valence-electron chi connectivity index (χ4n) is 4.87. The van der Waals surface area contributed by atoms with E-state index in [-0.39, 0.29) is 36.4 Å². The van der Waals surface area contributed by atoms with Gasteiger partial charge in [0, 0.05) is 6.04 Å². The van der Waals surface area contributed by atoms with Crippen molar-refractivity contribution in [2.24, 2.45) is 17.8 Å². The Morgan fingerprint density at radius 2 is 1.91 bits per heavy atom. The Kier molecular flexibility index (Phi) is 12.4. The number of nitrogens with one attached hydrogen (secondary N) is 1. The van der Waals surface area contributed by atoms with Crippen molar-refractivity contribution in [3.05, 3.63) is 35.9 Å². The molecular weight excluding hydrogens is 429 g/mol. The summed E-state index contributed by atoms with van der Waals surface area (Å²) in [6.07, 6.45) is 6.72. The lowest BCUT2D eigenvalue weighted by molar-refractivity contribution is -0.150. The first-order chi connectivity index (χ1) is 15.6. The average Bonchev–Trinajstić information content (AvgIpc) is 2.84. The molecule has 1 saturated carbocycles. The lowest BCUT2D eigenvalue weighted by Gasteiger charge is -2.39. The number of rotatable bonds is 13. The van der Waals surface area contributed by atoms with Crippen LogP contribution in [0.25, 0.3) is 0 Å². The Bertz CT molecular complexity index is 701. The average molecular weight is 468 g/mol. The quantitative estimate of drug-likeness (QED) is 0.245. The molecule has 7 nitrogen and oxygen atoms in total. The number of benzene rings is 1. The van der Waals surface area contributed by atoms with Crippen LogP contribution < -0.4 is 5.32 Å². The number of unbranched alkanes of at least 4 members (excludes halogenated alkanes) is 1. The molecule has 5 unspecified atom stereocenters. The van der Waals surface area contributed by atoms with Crippen LogP contribution in [0.15, 0.2) is 30.3 Å². The second-order valence-corrected chi connectivity index (χ2v) is 8.95. The number of esters is 1. The van der Waals surface area contributed by atoms with Crippen molar-refractivity contribution in [3.63, 3.8) is 0 Å². The maximum Gasteiger partial charge on any atom is 0.407 e. The molecule has 5 atom stereocenters. The smallest absolute Gasteiger partial charge is 0.407 e. The van der Waals surface area contributed by atoms with Gasteiger partial charge in [0.15, 0.2) is 8.69 Å². The maximum atomic E-state index is 12.6. The molecule has 0 saturated heterocycles. The topological polar surface area (TPSA) is 90.9 Å². The molecule has 1 fully saturated rings. The Morgan fingerprint density at radius 1 is 1.16 bits per heavy atom. The Morgan fingerprint density at radius 3 is 2.59 bits per heavy atom. The fourth-order valence-corrected chi connectivity index (χ4v) is 5.13. The van der Waals surface area contributed by atoms with Gasteiger partial charge in [0.2, 0.25) is 0 Å². The molecule has 1 amide bonds. The SMILES string of the molecule is CCC(NC(=O)OCc1ccccc1)C(CCCCO[PH2]=O)C1CCCCC1C(=O)OC. The summed E-state index contributed by atoms with van der Waals surface area (Å²) >= 11 is 0. The van der Waals surface area contributed by atoms with Gasteiger partial charge >= 0.3 is 12.1 Å². The van der Waals surface area contributed by atoms with E-state index in [2.05, 4.69) is 12.2 Å². The third-order valence-electron chi connectivity index (χ3n) is 6.46. The third-order valence-corrected chi connectivity index (χ3v) is 6.84. The number of hydrogen-bond donors (Lipinski definition) is 1. The van der Waals surface area contributed by atoms with Gasteiger partial charge in [-0.25, -0.2) is 4.79 Å². The monoisotopic (exact) mass is 467 g/mol. The van der Waals surface area contributed by atoms with Gasteiger partial charge in [0.1, 0.15) is 6.61 Å². The molecule has 2 rings (SSSR count). The van der Waals surface area contributed by atoms with Crippen LogP contribution >= 0.6 is 8.69 Å². The van der Waals surface area contributed by atoms with Crippen LogP contribution in [0, 0.1) is 17.8 Å². The van der Waals surface area contributed by atoms with Gasteiger partial charge in [0.25, 0.3) is 0 Å². The number of alkyl carbamates (subject to hydrolysis) is 1. The number of amides is 1. The highest BCUT2D eigenvalue weighted by Gasteiger charge is 2.39. The van der Waals surface area contributed by atoms with Crippen molar-refractivity contribution in [1.82, 2.24) is 5.32 Å². The molecule has 180 valence electrons. The Labute approximate surface area is 192 Å². The molecule has 0 radical (unpaired) electrons. The molecule has 8 heteroatoms. The van der Waals surface area contributed by atoms with E-state index >= 15 is 0 Å². The summed E-state index contributed by atoms with van der Waals surface area (Å²) < 4.78 is 26.2. The van der Waals surface area contributed by atoms with Crippen LogP contribution in [-0.2, 0) is 30.0 Å².